The molecule has 1 aliphatic rings. The van der Waals surface area contributed by atoms with Crippen LogP contribution in [0.25, 0.3) is 5.52 Å². The average Bonchev–Trinajstić information content (AvgIpc) is 2.95. The molecular weight excluding hydrogens is 296 g/mol. The predicted molar refractivity (Wildman–Crippen MR) is 85.1 cm³/mol. The van der Waals surface area contributed by atoms with Gasteiger partial charge in [-0.2, -0.15) is 5.10 Å². The van der Waals surface area contributed by atoms with Crippen LogP contribution in [0.1, 0.15) is 18.5 Å². The lowest BCUT2D eigenvalue weighted by atomic mass is 9.91. The van der Waals surface area contributed by atoms with Gasteiger partial charge in [0.25, 0.3) is 5.56 Å². The van der Waals surface area contributed by atoms with Gasteiger partial charge in [-0.25, -0.2) is 4.52 Å². The van der Waals surface area contributed by atoms with E-state index in [2.05, 4.69) is 21.8 Å². The van der Waals surface area contributed by atoms with Crippen molar-refractivity contribution in [1.29, 1.82) is 0 Å². The molecule has 0 atom stereocenters. The van der Waals surface area contributed by atoms with Crippen LogP contribution in [0.5, 0.6) is 0 Å². The molecule has 23 heavy (non-hydrogen) atoms. The van der Waals surface area contributed by atoms with E-state index in [-0.39, 0.29) is 18.7 Å². The zero-order valence-corrected chi connectivity index (χ0v) is 13.1. The van der Waals surface area contributed by atoms with E-state index < -0.39 is 5.60 Å². The Balaban J connectivity index is 1.91. The van der Waals surface area contributed by atoms with Crippen LogP contribution in [-0.2, 0) is 6.54 Å². The van der Waals surface area contributed by atoms with Gasteiger partial charge in [0.15, 0.2) is 0 Å². The van der Waals surface area contributed by atoms with Gasteiger partial charge in [0.2, 0.25) is 0 Å². The zero-order chi connectivity index (χ0) is 16.4. The van der Waals surface area contributed by atoms with Crippen molar-refractivity contribution in [2.24, 2.45) is 0 Å². The fourth-order valence-electron chi connectivity index (χ4n) is 2.88. The number of likely N-dealkylation sites (tertiary alicyclic amines) is 1. The Bertz CT molecular complexity index is 819. The molecule has 7 nitrogen and oxygen atoms in total. The van der Waals surface area contributed by atoms with E-state index in [4.69, 9.17) is 5.11 Å². The van der Waals surface area contributed by atoms with Gasteiger partial charge in [-0.1, -0.05) is 5.92 Å². The molecule has 0 unspecified atom stereocenters. The van der Waals surface area contributed by atoms with E-state index in [0.717, 1.165) is 13.1 Å². The highest BCUT2D eigenvalue weighted by Crippen LogP contribution is 2.22. The highest BCUT2D eigenvalue weighted by atomic mass is 16.3. The summed E-state index contributed by atoms with van der Waals surface area (Å²) in [5.41, 5.74) is -0.116. The monoisotopic (exact) mass is 316 g/mol. The number of hydrogen-bond acceptors (Lipinski definition) is 5. The van der Waals surface area contributed by atoms with Crippen LogP contribution in [0.2, 0.25) is 0 Å². The molecule has 1 fully saturated rings. The van der Waals surface area contributed by atoms with Crippen LogP contribution in [0.4, 0.5) is 0 Å². The van der Waals surface area contributed by atoms with Crippen LogP contribution in [0, 0.1) is 11.8 Å². The molecule has 7 heteroatoms. The Morgan fingerprint density at radius 1 is 1.35 bits per heavy atom. The van der Waals surface area contributed by atoms with Crippen molar-refractivity contribution in [1.82, 2.24) is 19.1 Å². The Morgan fingerprint density at radius 2 is 2.09 bits per heavy atom. The molecule has 0 radical (unpaired) electrons. The third-order valence-electron chi connectivity index (χ3n) is 4.32. The Kier molecular flexibility index (Phi) is 4.22. The maximum atomic E-state index is 12.6. The smallest absolute Gasteiger partial charge is 0.277 e. The second-order valence-corrected chi connectivity index (χ2v) is 6.07. The van der Waals surface area contributed by atoms with Gasteiger partial charge < -0.3 is 15.1 Å². The van der Waals surface area contributed by atoms with Gasteiger partial charge in [0.05, 0.1) is 12.1 Å². The molecule has 3 rings (SSSR count). The van der Waals surface area contributed by atoms with Gasteiger partial charge in [0.1, 0.15) is 24.1 Å². The molecule has 122 valence electrons. The van der Waals surface area contributed by atoms with Gasteiger partial charge >= 0.3 is 0 Å². The van der Waals surface area contributed by atoms with Gasteiger partial charge in [-0.05, 0) is 37.9 Å². The summed E-state index contributed by atoms with van der Waals surface area (Å²) >= 11 is 0. The summed E-state index contributed by atoms with van der Waals surface area (Å²) in [6, 6.07) is 3.35. The molecule has 2 N–H and O–H groups in total. The van der Waals surface area contributed by atoms with E-state index >= 15 is 0 Å². The third-order valence-corrected chi connectivity index (χ3v) is 4.32. The van der Waals surface area contributed by atoms with E-state index in [9.17, 15) is 9.90 Å². The highest BCUT2D eigenvalue weighted by Gasteiger charge is 2.32. The molecule has 0 spiro atoms. The number of piperidine rings is 1. The lowest BCUT2D eigenvalue weighted by Gasteiger charge is -2.36. The Morgan fingerprint density at radius 3 is 2.78 bits per heavy atom. The first-order valence-corrected chi connectivity index (χ1v) is 7.60. The summed E-state index contributed by atoms with van der Waals surface area (Å²) in [7, 11) is 2.02. The summed E-state index contributed by atoms with van der Waals surface area (Å²) < 4.78 is 2.92. The van der Waals surface area contributed by atoms with Crippen molar-refractivity contribution in [3.63, 3.8) is 0 Å². The number of aliphatic hydroxyl groups excluding tert-OH is 1. The lowest BCUT2D eigenvalue weighted by Crippen LogP contribution is -2.47. The van der Waals surface area contributed by atoms with E-state index in [1.807, 2.05) is 7.05 Å². The first-order valence-electron chi connectivity index (χ1n) is 7.60. The van der Waals surface area contributed by atoms with Crippen LogP contribution >= 0.6 is 0 Å². The highest BCUT2D eigenvalue weighted by molar-refractivity contribution is 5.50. The molecule has 2 aromatic rings. The first kappa shape index (κ1) is 15.7. The average molecular weight is 316 g/mol. The number of aliphatic hydroxyl groups is 2. The summed E-state index contributed by atoms with van der Waals surface area (Å²) in [5, 5.41) is 23.7. The second-order valence-electron chi connectivity index (χ2n) is 6.07. The molecule has 0 amide bonds. The molecule has 1 saturated heterocycles. The maximum absolute atomic E-state index is 12.6. The lowest BCUT2D eigenvalue weighted by molar-refractivity contribution is -0.0299. The van der Waals surface area contributed by atoms with Crippen LogP contribution < -0.4 is 5.56 Å². The minimum atomic E-state index is -0.873. The molecule has 3 heterocycles. The molecule has 0 bridgehead atoms. The molecule has 1 aliphatic heterocycles. The first-order chi connectivity index (χ1) is 11.0. The number of rotatable bonds is 2. The van der Waals surface area contributed by atoms with Gasteiger partial charge in [-0.15, -0.1) is 0 Å². The topological polar surface area (TPSA) is 83.0 Å². The van der Waals surface area contributed by atoms with Crippen molar-refractivity contribution in [2.75, 3.05) is 26.7 Å². The van der Waals surface area contributed by atoms with E-state index in [0.29, 0.717) is 24.1 Å². The Labute approximate surface area is 133 Å². The fraction of sp³-hybridized carbons (Fsp3) is 0.500. The summed E-state index contributed by atoms with van der Waals surface area (Å²) in [5.74, 6) is 5.30. The third kappa shape index (κ3) is 3.15. The van der Waals surface area contributed by atoms with Crippen molar-refractivity contribution >= 4 is 5.52 Å². The minimum absolute atomic E-state index is 0.204. The maximum Gasteiger partial charge on any atom is 0.277 e. The quantitative estimate of drug-likeness (QED) is 0.716. The fourth-order valence-corrected chi connectivity index (χ4v) is 2.88. The van der Waals surface area contributed by atoms with Crippen molar-refractivity contribution in [2.45, 2.75) is 25.0 Å². The van der Waals surface area contributed by atoms with Crippen molar-refractivity contribution in [3.05, 3.63) is 34.5 Å². The normalized spacial score (nSPS) is 17.9. The number of hydrogen-bond donors (Lipinski definition) is 2. The predicted octanol–water partition coefficient (Wildman–Crippen LogP) is -0.704. The van der Waals surface area contributed by atoms with Crippen molar-refractivity contribution in [3.8, 4) is 11.8 Å². The number of aromatic nitrogens is 3. The SMILES string of the molecule is CN1CCC(O)(Cn2cnn3c(C#CCO)ccc3c2=O)CC1. The number of fused-ring (bicyclic) bond motifs is 1. The standard InChI is InChI=1S/C16H20N4O3/c1-18-8-6-16(23,7-9-18)11-19-12-17-20-13(3-2-10-21)4-5-14(20)15(19)22/h4-5,12,21,23H,6-11H2,1H3. The second kappa shape index (κ2) is 6.16. The van der Waals surface area contributed by atoms with E-state index in [1.54, 1.807) is 12.1 Å². The van der Waals surface area contributed by atoms with Gasteiger partial charge in [-0.3, -0.25) is 9.36 Å². The van der Waals surface area contributed by atoms with Crippen LogP contribution in [0.15, 0.2) is 23.3 Å². The molecule has 0 aliphatic carbocycles. The van der Waals surface area contributed by atoms with E-state index in [1.165, 1.54) is 15.4 Å². The Hall–Kier alpha value is -2.14. The largest absolute Gasteiger partial charge is 0.388 e. The van der Waals surface area contributed by atoms with Crippen molar-refractivity contribution < 1.29 is 10.2 Å². The van der Waals surface area contributed by atoms with Gasteiger partial charge in [0, 0.05) is 13.1 Å². The molecule has 0 saturated carbocycles. The molecular formula is C16H20N4O3. The summed E-state index contributed by atoms with van der Waals surface area (Å²) in [6.45, 7) is 1.62. The zero-order valence-electron chi connectivity index (χ0n) is 13.1. The minimum Gasteiger partial charge on any atom is -0.388 e. The summed E-state index contributed by atoms with van der Waals surface area (Å²) in [4.78, 5) is 14.7. The van der Waals surface area contributed by atoms with Crippen LogP contribution in [0.3, 0.4) is 0 Å². The molecule has 0 aromatic carbocycles. The summed E-state index contributed by atoms with van der Waals surface area (Å²) in [6.07, 6.45) is 2.71. The number of nitrogens with zero attached hydrogens (tertiary/aromatic N) is 4. The molecule has 2 aromatic heterocycles. The van der Waals surface area contributed by atoms with Crippen LogP contribution in [-0.4, -0.2) is 61.6 Å².